The highest BCUT2D eigenvalue weighted by molar-refractivity contribution is 6.45. The molecule has 0 spiro atoms. The summed E-state index contributed by atoms with van der Waals surface area (Å²) in [5, 5.41) is 9.84. The number of methoxy groups -OCH3 is 1. The molecule has 3 aromatic rings. The highest BCUT2D eigenvalue weighted by Gasteiger charge is 2.30. The number of fused-ring (bicyclic) bond motifs is 1. The number of benzene rings is 1. The molecule has 1 aliphatic rings. The van der Waals surface area contributed by atoms with Crippen LogP contribution >= 0.6 is 11.6 Å². The predicted octanol–water partition coefficient (Wildman–Crippen LogP) is 3.12. The average molecular weight is 450 g/mol. The number of hydrogen-bond acceptors (Lipinski definition) is 6. The van der Waals surface area contributed by atoms with Crippen molar-refractivity contribution in [2.45, 2.75) is 0 Å². The largest absolute Gasteiger partial charge is 0.494 e. The number of allylic oxidation sites excluding steroid dienone is 1. The fraction of sp³-hybridized carbons (Fsp3) is 0.217. The van der Waals surface area contributed by atoms with Gasteiger partial charge in [-0.2, -0.15) is 5.26 Å². The van der Waals surface area contributed by atoms with Crippen LogP contribution in [0.25, 0.3) is 16.6 Å². The first kappa shape index (κ1) is 21.4. The Morgan fingerprint density at radius 1 is 1.19 bits per heavy atom. The number of amides is 1. The number of ketones is 1. The van der Waals surface area contributed by atoms with Gasteiger partial charge in [0.2, 0.25) is 0 Å². The van der Waals surface area contributed by atoms with E-state index in [-0.39, 0.29) is 10.7 Å². The van der Waals surface area contributed by atoms with Crippen LogP contribution in [0.5, 0.6) is 5.75 Å². The molecule has 162 valence electrons. The number of H-pyrrole nitrogens is 1. The van der Waals surface area contributed by atoms with Crippen molar-refractivity contribution in [2.75, 3.05) is 33.3 Å². The Labute approximate surface area is 189 Å². The number of nitrogens with zero attached hydrogens (tertiary/aromatic N) is 4. The van der Waals surface area contributed by atoms with Gasteiger partial charge >= 0.3 is 0 Å². The lowest BCUT2D eigenvalue weighted by atomic mass is 10.1. The molecule has 1 fully saturated rings. The molecule has 0 radical (unpaired) electrons. The molecule has 0 atom stereocenters. The lowest BCUT2D eigenvalue weighted by Crippen LogP contribution is -2.49. The summed E-state index contributed by atoms with van der Waals surface area (Å²) in [6.07, 6.45) is 4.39. The van der Waals surface area contributed by atoms with Crippen molar-refractivity contribution in [3.05, 3.63) is 65.1 Å². The molecule has 0 bridgehead atoms. The summed E-state index contributed by atoms with van der Waals surface area (Å²) in [5.41, 5.74) is 2.38. The molecule has 0 saturated carbocycles. The second-order valence-corrected chi connectivity index (χ2v) is 7.56. The Bertz CT molecular complexity index is 1240. The maximum absolute atomic E-state index is 13.0. The van der Waals surface area contributed by atoms with Crippen molar-refractivity contribution >= 4 is 39.9 Å². The van der Waals surface area contributed by atoms with E-state index >= 15 is 0 Å². The minimum absolute atomic E-state index is 0.193. The van der Waals surface area contributed by atoms with E-state index in [1.807, 2.05) is 35.2 Å². The van der Waals surface area contributed by atoms with E-state index in [9.17, 15) is 14.9 Å². The van der Waals surface area contributed by atoms with E-state index in [0.29, 0.717) is 42.8 Å². The van der Waals surface area contributed by atoms with Gasteiger partial charge in [-0.25, -0.2) is 4.98 Å². The zero-order chi connectivity index (χ0) is 22.7. The standard InChI is InChI=1S/C23H20ClN5O3/c1-32-18-14-27-22(24)20-19(18)16(13-26-20)21(30)23(31)29-11-9-28(10-12-29)17(7-8-25)15-5-3-2-4-6-15/h2-7,13-14,26H,9-12H2,1H3/b17-7+. The third kappa shape index (κ3) is 3.90. The molecule has 0 unspecified atom stereocenters. The van der Waals surface area contributed by atoms with Crippen LogP contribution in [0.3, 0.4) is 0 Å². The first-order chi connectivity index (χ1) is 15.5. The van der Waals surface area contributed by atoms with Gasteiger partial charge in [-0.3, -0.25) is 9.59 Å². The Morgan fingerprint density at radius 2 is 1.88 bits per heavy atom. The molecule has 0 aliphatic carbocycles. The molecule has 1 amide bonds. The summed E-state index contributed by atoms with van der Waals surface area (Å²) in [4.78, 5) is 36.5. The molecular weight excluding hydrogens is 430 g/mol. The quantitative estimate of drug-likeness (QED) is 0.278. The molecule has 1 aliphatic heterocycles. The number of aromatic amines is 1. The van der Waals surface area contributed by atoms with E-state index in [4.69, 9.17) is 16.3 Å². The SMILES string of the molecule is COc1cnc(Cl)c2[nH]cc(C(=O)C(=O)N3CCN(/C(=C/C#N)c4ccccc4)CC3)c12. The second-order valence-electron chi connectivity index (χ2n) is 7.20. The average Bonchev–Trinajstić information content (AvgIpc) is 3.29. The van der Waals surface area contributed by atoms with Crippen molar-refractivity contribution in [3.63, 3.8) is 0 Å². The Balaban J connectivity index is 1.51. The number of carbonyl (C=O) groups is 2. The number of piperazine rings is 1. The Morgan fingerprint density at radius 3 is 2.53 bits per heavy atom. The van der Waals surface area contributed by atoms with Crippen molar-refractivity contribution in [2.24, 2.45) is 0 Å². The summed E-state index contributed by atoms with van der Waals surface area (Å²) >= 11 is 6.12. The zero-order valence-corrected chi connectivity index (χ0v) is 18.1. The number of halogens is 1. The third-order valence-corrected chi connectivity index (χ3v) is 5.75. The van der Waals surface area contributed by atoms with Gasteiger partial charge in [-0.05, 0) is 5.56 Å². The summed E-state index contributed by atoms with van der Waals surface area (Å²) in [5.74, 6) is -0.868. The van der Waals surface area contributed by atoms with Gasteiger partial charge in [0.15, 0.2) is 5.15 Å². The summed E-state index contributed by atoms with van der Waals surface area (Å²) in [6, 6.07) is 11.7. The van der Waals surface area contributed by atoms with Crippen LogP contribution in [-0.4, -0.2) is 64.7 Å². The number of carbonyl (C=O) groups excluding carboxylic acids is 2. The molecule has 1 aromatic carbocycles. The van der Waals surface area contributed by atoms with Crippen LogP contribution in [0.2, 0.25) is 5.15 Å². The summed E-state index contributed by atoms with van der Waals surface area (Å²) in [6.45, 7) is 1.74. The Hall–Kier alpha value is -3.83. The predicted molar refractivity (Wildman–Crippen MR) is 120 cm³/mol. The summed E-state index contributed by atoms with van der Waals surface area (Å²) < 4.78 is 5.30. The fourth-order valence-corrected chi connectivity index (χ4v) is 4.05. The molecule has 9 heteroatoms. The van der Waals surface area contributed by atoms with Gasteiger partial charge in [0.05, 0.1) is 41.5 Å². The first-order valence-electron chi connectivity index (χ1n) is 9.98. The monoisotopic (exact) mass is 449 g/mol. The lowest BCUT2D eigenvalue weighted by Gasteiger charge is -2.37. The molecule has 8 nitrogen and oxygen atoms in total. The van der Waals surface area contributed by atoms with Crippen molar-refractivity contribution in [3.8, 4) is 11.8 Å². The van der Waals surface area contributed by atoms with Crippen molar-refractivity contribution in [1.82, 2.24) is 19.8 Å². The van der Waals surface area contributed by atoms with Gasteiger partial charge in [0.25, 0.3) is 11.7 Å². The minimum atomic E-state index is -0.638. The van der Waals surface area contributed by atoms with Crippen LogP contribution in [0.15, 0.2) is 48.8 Å². The second kappa shape index (κ2) is 9.12. The van der Waals surface area contributed by atoms with Crippen LogP contribution in [-0.2, 0) is 4.79 Å². The van der Waals surface area contributed by atoms with E-state index in [0.717, 1.165) is 11.3 Å². The Kier molecular flexibility index (Phi) is 6.10. The van der Waals surface area contributed by atoms with Crippen LogP contribution in [0, 0.1) is 11.3 Å². The van der Waals surface area contributed by atoms with E-state index in [1.54, 1.807) is 0 Å². The topological polar surface area (TPSA) is 102 Å². The van der Waals surface area contributed by atoms with Gasteiger partial charge < -0.3 is 19.5 Å². The lowest BCUT2D eigenvalue weighted by molar-refractivity contribution is -0.127. The smallest absolute Gasteiger partial charge is 0.295 e. The maximum atomic E-state index is 13.0. The van der Waals surface area contributed by atoms with Gasteiger partial charge in [-0.1, -0.05) is 41.9 Å². The summed E-state index contributed by atoms with van der Waals surface area (Å²) in [7, 11) is 1.46. The highest BCUT2D eigenvalue weighted by atomic mass is 35.5. The number of Topliss-reactive ketones (excluding diaryl/α,β-unsaturated/α-hetero) is 1. The fourth-order valence-electron chi connectivity index (χ4n) is 3.86. The number of ether oxygens (including phenoxy) is 1. The van der Waals surface area contributed by atoms with E-state index in [2.05, 4.69) is 16.0 Å². The van der Waals surface area contributed by atoms with Crippen LogP contribution < -0.4 is 4.74 Å². The van der Waals surface area contributed by atoms with Gasteiger partial charge in [0, 0.05) is 38.5 Å². The number of nitriles is 1. The number of rotatable bonds is 5. The molecular formula is C23H20ClN5O3. The molecule has 32 heavy (non-hydrogen) atoms. The van der Waals surface area contributed by atoms with Crippen molar-refractivity contribution < 1.29 is 14.3 Å². The normalized spacial score (nSPS) is 14.3. The number of nitrogens with one attached hydrogen (secondary N) is 1. The number of pyridine rings is 1. The highest BCUT2D eigenvalue weighted by Crippen LogP contribution is 2.32. The minimum Gasteiger partial charge on any atom is -0.494 e. The van der Waals surface area contributed by atoms with Crippen LogP contribution in [0.1, 0.15) is 15.9 Å². The third-order valence-electron chi connectivity index (χ3n) is 5.47. The maximum Gasteiger partial charge on any atom is 0.295 e. The number of hydrogen-bond donors (Lipinski definition) is 1. The van der Waals surface area contributed by atoms with Crippen molar-refractivity contribution in [1.29, 1.82) is 5.26 Å². The molecule has 2 aromatic heterocycles. The zero-order valence-electron chi connectivity index (χ0n) is 17.3. The van der Waals surface area contributed by atoms with E-state index < -0.39 is 11.7 Å². The van der Waals surface area contributed by atoms with Gasteiger partial charge in [0.1, 0.15) is 5.75 Å². The molecule has 4 rings (SSSR count). The number of aromatic nitrogens is 2. The van der Waals surface area contributed by atoms with Gasteiger partial charge in [-0.15, -0.1) is 0 Å². The molecule has 1 N–H and O–H groups in total. The van der Waals surface area contributed by atoms with E-state index in [1.165, 1.54) is 30.5 Å². The first-order valence-corrected chi connectivity index (χ1v) is 10.4. The van der Waals surface area contributed by atoms with Crippen LogP contribution in [0.4, 0.5) is 0 Å². The molecule has 3 heterocycles. The molecule has 1 saturated heterocycles.